The number of benzene rings is 9. The molecule has 0 saturated carbocycles. The Morgan fingerprint density at radius 3 is 1.79 bits per heavy atom. The van der Waals surface area contributed by atoms with E-state index in [0.717, 1.165) is 44.3 Å². The van der Waals surface area contributed by atoms with Crippen molar-refractivity contribution in [2.45, 2.75) is 0 Å². The summed E-state index contributed by atoms with van der Waals surface area (Å²) in [5.41, 5.74) is 12.1. The van der Waals surface area contributed by atoms with Gasteiger partial charge in [-0.2, -0.15) is 0 Å². The predicted molar refractivity (Wildman–Crippen MR) is 246 cm³/mol. The molecule has 58 heavy (non-hydrogen) atoms. The van der Waals surface area contributed by atoms with E-state index in [1.54, 1.807) is 0 Å². The molecule has 0 atom stereocenters. The second-order valence-electron chi connectivity index (χ2n) is 14.9. The molecule has 0 fully saturated rings. The Hall–Kier alpha value is -7.40. The van der Waals surface area contributed by atoms with Crippen LogP contribution in [0.2, 0.25) is 0 Å². The summed E-state index contributed by atoms with van der Waals surface area (Å²) in [5, 5.41) is 8.39. The van der Waals surface area contributed by atoms with Gasteiger partial charge < -0.3 is 0 Å². The van der Waals surface area contributed by atoms with Crippen LogP contribution >= 0.6 is 11.3 Å². The molecule has 3 heterocycles. The molecule has 12 aromatic rings. The summed E-state index contributed by atoms with van der Waals surface area (Å²) in [4.78, 5) is 10.7. The molecule has 3 aromatic heterocycles. The van der Waals surface area contributed by atoms with E-state index in [2.05, 4.69) is 199 Å². The lowest BCUT2D eigenvalue weighted by Crippen LogP contribution is -2.04. The Kier molecular flexibility index (Phi) is 7.40. The quantitative estimate of drug-likeness (QED) is 0.175. The molecule has 0 spiro atoms. The maximum Gasteiger partial charge on any atom is 0.235 e. The predicted octanol–water partition coefficient (Wildman–Crippen LogP) is 14.9. The number of hydrogen-bond donors (Lipinski definition) is 0. The molecule has 12 rings (SSSR count). The fourth-order valence-corrected chi connectivity index (χ4v) is 10.1. The average molecular weight is 756 g/mol. The molecule has 0 aliphatic rings. The molecular weight excluding hydrogens is 723 g/mol. The van der Waals surface area contributed by atoms with Gasteiger partial charge in [-0.3, -0.25) is 4.57 Å². The second kappa shape index (κ2) is 13.1. The Balaban J connectivity index is 1.08. The van der Waals surface area contributed by atoms with Crippen LogP contribution in [0.1, 0.15) is 0 Å². The number of nitrogens with zero attached hydrogens (tertiary/aromatic N) is 3. The third-order valence-electron chi connectivity index (χ3n) is 11.6. The van der Waals surface area contributed by atoms with Crippen LogP contribution in [0.15, 0.2) is 200 Å². The highest BCUT2D eigenvalue weighted by Gasteiger charge is 2.21. The van der Waals surface area contributed by atoms with E-state index in [0.29, 0.717) is 5.95 Å². The van der Waals surface area contributed by atoms with Crippen LogP contribution in [0, 0.1) is 0 Å². The third kappa shape index (κ3) is 5.19. The van der Waals surface area contributed by atoms with E-state index in [9.17, 15) is 0 Å². The Bertz CT molecular complexity index is 3580. The number of fused-ring (bicyclic) bond motifs is 8. The maximum absolute atomic E-state index is 5.42. The third-order valence-corrected chi connectivity index (χ3v) is 12.7. The molecule has 0 N–H and O–H groups in total. The fourth-order valence-electron chi connectivity index (χ4n) is 8.92. The second-order valence-corrected chi connectivity index (χ2v) is 16.0. The molecule has 3 nitrogen and oxygen atoms in total. The van der Waals surface area contributed by atoms with Crippen molar-refractivity contribution >= 4 is 75.0 Å². The van der Waals surface area contributed by atoms with Crippen molar-refractivity contribution in [1.82, 2.24) is 14.5 Å². The van der Waals surface area contributed by atoms with Crippen LogP contribution in [0.25, 0.3) is 114 Å². The first-order valence-electron chi connectivity index (χ1n) is 19.7. The highest BCUT2D eigenvalue weighted by Crippen LogP contribution is 2.43. The van der Waals surface area contributed by atoms with Gasteiger partial charge >= 0.3 is 0 Å². The first-order valence-corrected chi connectivity index (χ1v) is 20.5. The lowest BCUT2D eigenvalue weighted by molar-refractivity contribution is 1.01. The van der Waals surface area contributed by atoms with Gasteiger partial charge in [-0.1, -0.05) is 158 Å². The smallest absolute Gasteiger partial charge is 0.235 e. The standard InChI is InChI=1S/C54H33N3S/c1-2-14-34(15-3-1)52-44-22-6-8-27-47(44)55-54(56-52)57-48-33-38-17-5-4-16-37(38)32-46(48)43-26-12-25-42(53(43)57)40-21-11-19-36(31-40)35-18-10-20-39(30-35)41-24-13-29-50-51(41)45-23-7-9-28-49(45)58-50/h1-33H. The Morgan fingerprint density at radius 2 is 0.966 bits per heavy atom. The summed E-state index contributed by atoms with van der Waals surface area (Å²) in [7, 11) is 0. The van der Waals surface area contributed by atoms with Crippen molar-refractivity contribution in [3.8, 4) is 50.6 Å². The minimum Gasteiger partial charge on any atom is -0.277 e. The molecule has 0 radical (unpaired) electrons. The van der Waals surface area contributed by atoms with Crippen molar-refractivity contribution in [2.24, 2.45) is 0 Å². The number of hydrogen-bond acceptors (Lipinski definition) is 3. The Labute approximate surface area is 338 Å². The van der Waals surface area contributed by atoms with Gasteiger partial charge in [0, 0.05) is 47.5 Å². The van der Waals surface area contributed by atoms with Crippen LogP contribution in [-0.4, -0.2) is 14.5 Å². The van der Waals surface area contributed by atoms with Crippen molar-refractivity contribution < 1.29 is 0 Å². The summed E-state index contributed by atoms with van der Waals surface area (Å²) in [6, 6.07) is 72.1. The van der Waals surface area contributed by atoms with Crippen LogP contribution < -0.4 is 0 Å². The van der Waals surface area contributed by atoms with E-state index in [4.69, 9.17) is 9.97 Å². The number of rotatable bonds is 5. The maximum atomic E-state index is 5.42. The van der Waals surface area contributed by atoms with E-state index in [1.165, 1.54) is 64.0 Å². The van der Waals surface area contributed by atoms with E-state index in [1.807, 2.05) is 17.4 Å². The first-order chi connectivity index (χ1) is 28.7. The highest BCUT2D eigenvalue weighted by molar-refractivity contribution is 7.25. The van der Waals surface area contributed by atoms with Gasteiger partial charge in [-0.05, 0) is 81.1 Å². The number of aromatic nitrogens is 3. The van der Waals surface area contributed by atoms with Crippen molar-refractivity contribution in [2.75, 3.05) is 0 Å². The summed E-state index contributed by atoms with van der Waals surface area (Å²) in [5.74, 6) is 0.652. The lowest BCUT2D eigenvalue weighted by Gasteiger charge is -2.14. The molecule has 9 aromatic carbocycles. The van der Waals surface area contributed by atoms with E-state index < -0.39 is 0 Å². The number of para-hydroxylation sites is 2. The zero-order valence-electron chi connectivity index (χ0n) is 31.3. The zero-order chi connectivity index (χ0) is 38.2. The van der Waals surface area contributed by atoms with Gasteiger partial charge in [0.05, 0.1) is 22.2 Å². The minimum atomic E-state index is 0.652. The SMILES string of the molecule is c1ccc(-c2nc(-n3c4cc5ccccc5cc4c4cccc(-c5cccc(-c6cccc(-c7cccc8sc9ccccc9c78)c6)c5)c43)nc3ccccc23)cc1. The topological polar surface area (TPSA) is 30.7 Å². The fraction of sp³-hybridized carbons (Fsp3) is 0. The zero-order valence-corrected chi connectivity index (χ0v) is 32.1. The van der Waals surface area contributed by atoms with Crippen LogP contribution in [0.3, 0.4) is 0 Å². The Morgan fingerprint density at radius 1 is 0.379 bits per heavy atom. The molecule has 0 unspecified atom stereocenters. The average Bonchev–Trinajstić information content (AvgIpc) is 3.84. The molecule has 0 saturated heterocycles. The molecule has 0 amide bonds. The lowest BCUT2D eigenvalue weighted by atomic mass is 9.94. The van der Waals surface area contributed by atoms with Gasteiger partial charge in [0.25, 0.3) is 0 Å². The van der Waals surface area contributed by atoms with Crippen LogP contribution in [0.5, 0.6) is 0 Å². The van der Waals surface area contributed by atoms with Gasteiger partial charge in [0.2, 0.25) is 5.95 Å². The summed E-state index contributed by atoms with van der Waals surface area (Å²) >= 11 is 1.86. The molecule has 270 valence electrons. The monoisotopic (exact) mass is 755 g/mol. The molecule has 4 heteroatoms. The van der Waals surface area contributed by atoms with E-state index >= 15 is 0 Å². The molecule has 0 bridgehead atoms. The number of thiophene rings is 1. The summed E-state index contributed by atoms with van der Waals surface area (Å²) in [6.45, 7) is 0. The molecule has 0 aliphatic carbocycles. The molecular formula is C54H33N3S. The van der Waals surface area contributed by atoms with Crippen LogP contribution in [-0.2, 0) is 0 Å². The highest BCUT2D eigenvalue weighted by atomic mass is 32.1. The van der Waals surface area contributed by atoms with Gasteiger partial charge in [-0.15, -0.1) is 11.3 Å². The minimum absolute atomic E-state index is 0.652. The summed E-state index contributed by atoms with van der Waals surface area (Å²) in [6.07, 6.45) is 0. The molecule has 0 aliphatic heterocycles. The van der Waals surface area contributed by atoms with E-state index in [-0.39, 0.29) is 0 Å². The van der Waals surface area contributed by atoms with Gasteiger partial charge in [0.1, 0.15) is 0 Å². The van der Waals surface area contributed by atoms with Crippen molar-refractivity contribution in [3.05, 3.63) is 200 Å². The van der Waals surface area contributed by atoms with Crippen molar-refractivity contribution in [1.29, 1.82) is 0 Å². The van der Waals surface area contributed by atoms with Crippen LogP contribution in [0.4, 0.5) is 0 Å². The van der Waals surface area contributed by atoms with Crippen molar-refractivity contribution in [3.63, 3.8) is 0 Å². The first kappa shape index (κ1) is 32.8. The largest absolute Gasteiger partial charge is 0.277 e. The normalized spacial score (nSPS) is 11.8. The summed E-state index contributed by atoms with van der Waals surface area (Å²) < 4.78 is 4.93. The van der Waals surface area contributed by atoms with Gasteiger partial charge in [0.15, 0.2) is 0 Å². The van der Waals surface area contributed by atoms with Gasteiger partial charge in [-0.25, -0.2) is 9.97 Å².